The first-order valence-corrected chi connectivity index (χ1v) is 5.97. The van der Waals surface area contributed by atoms with Crippen molar-refractivity contribution in [3.05, 3.63) is 39.9 Å². The molecule has 0 amide bonds. The van der Waals surface area contributed by atoms with E-state index in [4.69, 9.17) is 0 Å². The molecule has 0 aliphatic heterocycles. The van der Waals surface area contributed by atoms with Crippen LogP contribution < -0.4 is 0 Å². The summed E-state index contributed by atoms with van der Waals surface area (Å²) in [4.78, 5) is 11.3. The molecule has 82 valence electrons. The van der Waals surface area contributed by atoms with Gasteiger partial charge in [0.1, 0.15) is 0 Å². The van der Waals surface area contributed by atoms with Crippen LogP contribution in [0.5, 0.6) is 0 Å². The number of aryl methyl sites for hydroxylation is 1. The highest BCUT2D eigenvalue weighted by Crippen LogP contribution is 2.19. The lowest BCUT2D eigenvalue weighted by Gasteiger charge is -2.04. The van der Waals surface area contributed by atoms with E-state index in [0.29, 0.717) is 5.75 Å². The van der Waals surface area contributed by atoms with E-state index in [-0.39, 0.29) is 4.92 Å². The minimum atomic E-state index is -0.485. The van der Waals surface area contributed by atoms with E-state index in [1.807, 2.05) is 12.1 Å². The Kier molecular flexibility index (Phi) is 4.62. The van der Waals surface area contributed by atoms with Crippen molar-refractivity contribution in [3.63, 3.8) is 0 Å². The van der Waals surface area contributed by atoms with Gasteiger partial charge in [-0.05, 0) is 24.1 Å². The Labute approximate surface area is 94.0 Å². The van der Waals surface area contributed by atoms with E-state index in [1.54, 1.807) is 6.92 Å². The Bertz CT molecular complexity index is 324. The summed E-state index contributed by atoms with van der Waals surface area (Å²) in [6.45, 7) is 3.74. The van der Waals surface area contributed by atoms with Crippen LogP contribution in [-0.4, -0.2) is 16.7 Å². The van der Waals surface area contributed by atoms with E-state index in [1.165, 1.54) is 17.3 Å². The highest BCUT2D eigenvalue weighted by molar-refractivity contribution is 7.99. The lowest BCUT2D eigenvalue weighted by atomic mass is 10.2. The number of nitrogens with zero attached hydrogens (tertiary/aromatic N) is 1. The van der Waals surface area contributed by atoms with E-state index >= 15 is 0 Å². The predicted molar refractivity (Wildman–Crippen MR) is 63.0 cm³/mol. The summed E-state index contributed by atoms with van der Waals surface area (Å²) in [5, 5.41) is 10.4. The smallest absolute Gasteiger partial charge is 0.219 e. The molecule has 1 unspecified atom stereocenters. The number of hydrogen-bond donors (Lipinski definition) is 0. The van der Waals surface area contributed by atoms with E-state index in [2.05, 4.69) is 19.1 Å². The van der Waals surface area contributed by atoms with Crippen LogP contribution in [0.25, 0.3) is 0 Å². The van der Waals surface area contributed by atoms with E-state index in [9.17, 15) is 10.1 Å². The SMILES string of the molecule is CCc1ccc(SCC(C)[N+](=O)[O-])cc1. The van der Waals surface area contributed by atoms with Crippen LogP contribution in [0.3, 0.4) is 0 Å². The first kappa shape index (κ1) is 12.0. The molecule has 4 heteroatoms. The lowest BCUT2D eigenvalue weighted by Crippen LogP contribution is -2.17. The van der Waals surface area contributed by atoms with Gasteiger partial charge in [0.05, 0.1) is 5.75 Å². The Morgan fingerprint density at radius 1 is 1.40 bits per heavy atom. The molecular formula is C11H15NO2S. The van der Waals surface area contributed by atoms with Gasteiger partial charge in [-0.25, -0.2) is 0 Å². The Morgan fingerprint density at radius 3 is 2.47 bits per heavy atom. The van der Waals surface area contributed by atoms with Gasteiger partial charge in [-0.15, -0.1) is 11.8 Å². The van der Waals surface area contributed by atoms with Crippen LogP contribution in [0, 0.1) is 10.1 Å². The van der Waals surface area contributed by atoms with Crippen LogP contribution in [0.4, 0.5) is 0 Å². The fourth-order valence-electron chi connectivity index (χ4n) is 1.10. The molecule has 1 aromatic carbocycles. The second-order valence-corrected chi connectivity index (χ2v) is 4.54. The summed E-state index contributed by atoms with van der Waals surface area (Å²) < 4.78 is 0. The molecule has 0 spiro atoms. The monoisotopic (exact) mass is 225 g/mol. The molecule has 0 fully saturated rings. The van der Waals surface area contributed by atoms with E-state index < -0.39 is 6.04 Å². The summed E-state index contributed by atoms with van der Waals surface area (Å²) in [7, 11) is 0. The molecule has 15 heavy (non-hydrogen) atoms. The third kappa shape index (κ3) is 3.91. The molecule has 1 aromatic rings. The minimum Gasteiger partial charge on any atom is -0.264 e. The van der Waals surface area contributed by atoms with Crippen LogP contribution in [0.15, 0.2) is 29.2 Å². The molecule has 3 nitrogen and oxygen atoms in total. The molecule has 0 aromatic heterocycles. The largest absolute Gasteiger partial charge is 0.264 e. The van der Waals surface area contributed by atoms with Gasteiger partial charge >= 0.3 is 0 Å². The quantitative estimate of drug-likeness (QED) is 0.439. The molecule has 0 saturated heterocycles. The molecule has 1 rings (SSSR count). The lowest BCUT2D eigenvalue weighted by molar-refractivity contribution is -0.511. The van der Waals surface area contributed by atoms with Crippen LogP contribution in [0.2, 0.25) is 0 Å². The Balaban J connectivity index is 2.47. The summed E-state index contributed by atoms with van der Waals surface area (Å²) in [5.41, 5.74) is 1.29. The van der Waals surface area contributed by atoms with Gasteiger partial charge in [-0.2, -0.15) is 0 Å². The number of hydrogen-bond acceptors (Lipinski definition) is 3. The van der Waals surface area contributed by atoms with Crippen molar-refractivity contribution in [2.75, 3.05) is 5.75 Å². The number of benzene rings is 1. The van der Waals surface area contributed by atoms with Crippen LogP contribution in [0.1, 0.15) is 19.4 Å². The fourth-order valence-corrected chi connectivity index (χ4v) is 1.98. The summed E-state index contributed by atoms with van der Waals surface area (Å²) in [6.07, 6.45) is 1.02. The zero-order valence-corrected chi connectivity index (χ0v) is 9.79. The number of rotatable bonds is 5. The maximum atomic E-state index is 10.4. The minimum absolute atomic E-state index is 0.243. The normalized spacial score (nSPS) is 12.4. The second kappa shape index (κ2) is 5.75. The molecule has 0 radical (unpaired) electrons. The van der Waals surface area contributed by atoms with Gasteiger partial charge in [0.25, 0.3) is 0 Å². The van der Waals surface area contributed by atoms with Crippen molar-refractivity contribution in [2.45, 2.75) is 31.2 Å². The number of nitro groups is 1. The highest BCUT2D eigenvalue weighted by Gasteiger charge is 2.12. The van der Waals surface area contributed by atoms with Gasteiger partial charge in [-0.1, -0.05) is 19.1 Å². The van der Waals surface area contributed by atoms with Crippen molar-refractivity contribution in [3.8, 4) is 0 Å². The second-order valence-electron chi connectivity index (χ2n) is 3.44. The van der Waals surface area contributed by atoms with Gasteiger partial charge in [0, 0.05) is 16.7 Å². The molecule has 0 aliphatic rings. The highest BCUT2D eigenvalue weighted by atomic mass is 32.2. The van der Waals surface area contributed by atoms with Gasteiger partial charge in [0.15, 0.2) is 0 Å². The van der Waals surface area contributed by atoms with Crippen LogP contribution in [-0.2, 0) is 6.42 Å². The number of thioether (sulfide) groups is 1. The van der Waals surface area contributed by atoms with Gasteiger partial charge in [-0.3, -0.25) is 10.1 Å². The standard InChI is InChI=1S/C11H15NO2S/c1-3-10-4-6-11(7-5-10)15-8-9(2)12(13)14/h4-7,9H,3,8H2,1-2H3. The van der Waals surface area contributed by atoms with Crippen molar-refractivity contribution in [2.24, 2.45) is 0 Å². The van der Waals surface area contributed by atoms with Gasteiger partial charge < -0.3 is 0 Å². The van der Waals surface area contributed by atoms with Gasteiger partial charge in [0.2, 0.25) is 6.04 Å². The van der Waals surface area contributed by atoms with Crippen molar-refractivity contribution < 1.29 is 4.92 Å². The fraction of sp³-hybridized carbons (Fsp3) is 0.455. The molecule has 0 N–H and O–H groups in total. The molecule has 0 bridgehead atoms. The maximum Gasteiger partial charge on any atom is 0.219 e. The zero-order chi connectivity index (χ0) is 11.3. The Morgan fingerprint density at radius 2 is 2.00 bits per heavy atom. The van der Waals surface area contributed by atoms with Crippen molar-refractivity contribution in [1.29, 1.82) is 0 Å². The zero-order valence-electron chi connectivity index (χ0n) is 8.97. The molecule has 0 saturated carbocycles. The first-order chi connectivity index (χ1) is 7.13. The van der Waals surface area contributed by atoms with Crippen LogP contribution >= 0.6 is 11.8 Å². The molecule has 1 atom stereocenters. The molecule has 0 heterocycles. The Hall–Kier alpha value is -1.03. The predicted octanol–water partition coefficient (Wildman–Crippen LogP) is 3.01. The topological polar surface area (TPSA) is 43.1 Å². The molecular weight excluding hydrogens is 210 g/mol. The summed E-state index contributed by atoms with van der Waals surface area (Å²) in [5.74, 6) is 0.526. The van der Waals surface area contributed by atoms with Crippen molar-refractivity contribution in [1.82, 2.24) is 0 Å². The summed E-state index contributed by atoms with van der Waals surface area (Å²) in [6, 6.07) is 7.70. The van der Waals surface area contributed by atoms with E-state index in [0.717, 1.165) is 11.3 Å². The first-order valence-electron chi connectivity index (χ1n) is 4.98. The summed E-state index contributed by atoms with van der Waals surface area (Å²) >= 11 is 1.53. The third-order valence-corrected chi connectivity index (χ3v) is 3.44. The third-order valence-electron chi connectivity index (χ3n) is 2.18. The maximum absolute atomic E-state index is 10.4. The molecule has 0 aliphatic carbocycles. The van der Waals surface area contributed by atoms with Crippen molar-refractivity contribution >= 4 is 11.8 Å². The average molecular weight is 225 g/mol. The average Bonchev–Trinajstić information content (AvgIpc) is 2.26.